The van der Waals surface area contributed by atoms with Crippen molar-refractivity contribution >= 4 is 116 Å². The lowest BCUT2D eigenvalue weighted by molar-refractivity contribution is 0.838. The van der Waals surface area contributed by atoms with E-state index in [1.165, 1.54) is 173 Å². The van der Waals surface area contributed by atoms with Crippen molar-refractivity contribution in [1.82, 2.24) is 0 Å². The van der Waals surface area contributed by atoms with E-state index in [1.54, 1.807) is 20.7 Å². The molecular weight excluding hydrogens is 941 g/mol. The molecule has 9 aromatic carbocycles. The molecule has 0 saturated carbocycles. The van der Waals surface area contributed by atoms with Crippen LogP contribution in [0.5, 0.6) is 0 Å². The Hall–Kier alpha value is -5.77. The van der Waals surface area contributed by atoms with Crippen LogP contribution in [0.25, 0.3) is 43.8 Å². The monoisotopic (exact) mass is 1000 g/mol. The Labute approximate surface area is 437 Å². The van der Waals surface area contributed by atoms with E-state index in [4.69, 9.17) is 0 Å². The predicted octanol–water partition coefficient (Wildman–Crippen LogP) is 18.1. The van der Waals surface area contributed by atoms with Crippen molar-refractivity contribution in [2.45, 2.75) is 123 Å². The van der Waals surface area contributed by atoms with Crippen LogP contribution in [-0.2, 0) is 0 Å². The van der Waals surface area contributed by atoms with Crippen molar-refractivity contribution in [3.63, 3.8) is 0 Å². The van der Waals surface area contributed by atoms with Gasteiger partial charge in [0.25, 0.3) is 0 Å². The van der Waals surface area contributed by atoms with Gasteiger partial charge < -0.3 is 9.80 Å². The minimum Gasteiger partial charge on any atom is -0.308 e. The molecule has 0 amide bonds. The van der Waals surface area contributed by atoms with E-state index in [0.717, 1.165) is 0 Å². The molecule has 4 aliphatic rings. The van der Waals surface area contributed by atoms with Crippen LogP contribution in [0, 0.1) is 0 Å². The van der Waals surface area contributed by atoms with Crippen molar-refractivity contribution in [2.24, 2.45) is 0 Å². The summed E-state index contributed by atoms with van der Waals surface area (Å²) in [6.07, 6.45) is 10.1. The Bertz CT molecular complexity index is 3350. The van der Waals surface area contributed by atoms with Gasteiger partial charge in [-0.15, -0.1) is 0 Å². The highest BCUT2D eigenvalue weighted by Gasteiger charge is 2.47. The number of rotatable bonds is 14. The van der Waals surface area contributed by atoms with Gasteiger partial charge in [0.05, 0.1) is 22.7 Å². The zero-order chi connectivity index (χ0) is 48.6. The summed E-state index contributed by atoms with van der Waals surface area (Å²) in [5.41, 5.74) is 13.7. The molecule has 13 rings (SSSR count). The van der Waals surface area contributed by atoms with Crippen molar-refractivity contribution in [3.05, 3.63) is 170 Å². The van der Waals surface area contributed by atoms with E-state index in [1.807, 2.05) is 23.5 Å². The topological polar surface area (TPSA) is 6.48 Å². The molecule has 0 bridgehead atoms. The van der Waals surface area contributed by atoms with Gasteiger partial charge in [-0.05, 0) is 162 Å². The summed E-state index contributed by atoms with van der Waals surface area (Å²) in [5, 5.41) is 11.8. The normalized spacial score (nSPS) is 15.1. The number of unbranched alkanes of at least 4 members (excludes halogenated alkanes) is 4. The summed E-state index contributed by atoms with van der Waals surface area (Å²) in [5.74, 6) is 0. The van der Waals surface area contributed by atoms with Gasteiger partial charge >= 0.3 is 0 Å². The first-order chi connectivity index (χ1) is 35.5. The third-order valence-corrected chi connectivity index (χ3v) is 29.9. The second-order valence-electron chi connectivity index (χ2n) is 21.1. The second kappa shape index (κ2) is 18.6. The summed E-state index contributed by atoms with van der Waals surface area (Å²) < 4.78 is 0. The fourth-order valence-corrected chi connectivity index (χ4v) is 27.3. The van der Waals surface area contributed by atoms with Crippen LogP contribution in [-0.4, -0.2) is 16.1 Å². The van der Waals surface area contributed by atoms with Gasteiger partial charge in [-0.3, -0.25) is 0 Å². The van der Waals surface area contributed by atoms with E-state index in [0.29, 0.717) is 0 Å². The zero-order valence-electron chi connectivity index (χ0n) is 42.4. The fourth-order valence-electron chi connectivity index (χ4n) is 13.5. The van der Waals surface area contributed by atoms with Crippen LogP contribution in [0.2, 0.25) is 24.2 Å². The second-order valence-corrected chi connectivity index (χ2v) is 31.7. The molecule has 0 saturated heterocycles. The van der Waals surface area contributed by atoms with E-state index in [9.17, 15) is 0 Å². The Balaban J connectivity index is 0.921. The highest BCUT2D eigenvalue weighted by Crippen LogP contribution is 2.56. The van der Waals surface area contributed by atoms with Crippen molar-refractivity contribution in [3.8, 4) is 22.3 Å². The highest BCUT2D eigenvalue weighted by atomic mass is 32.2. The maximum Gasteiger partial charge on any atom is 0.119 e. The molecule has 4 aliphatic heterocycles. The quantitative estimate of drug-likeness (QED) is 0.0791. The number of benzene rings is 9. The molecule has 9 aromatic rings. The van der Waals surface area contributed by atoms with Gasteiger partial charge in [-0.25, -0.2) is 0 Å². The first kappa shape index (κ1) is 46.1. The lowest BCUT2D eigenvalue weighted by Gasteiger charge is -2.36. The highest BCUT2D eigenvalue weighted by molar-refractivity contribution is 8.00. The summed E-state index contributed by atoms with van der Waals surface area (Å²) in [7, 11) is -4.00. The molecule has 0 aromatic heterocycles. The van der Waals surface area contributed by atoms with Crippen LogP contribution < -0.4 is 30.5 Å². The standard InChI is InChI=1S/C66H64N2S2Si2/c1-5-9-35-71(36-10-6-2)63-27-19-13-21-51(63)53-41-61-57(43-65(53)71)67(55-23-15-17-25-59(55)69-61)47-31-33-49-45(39-47)29-30-46-40-48(32-34-50(46)49)68-56-24-16-18-26-60(56)70-62-42-54-52-22-14-20-28-64(52)72(37-11-7-3,38-12-8-4)66(54)44-58(62)68/h13-34,39-44H,5-12,35-38H2,1-4H3. The third kappa shape index (κ3) is 7.17. The molecule has 0 unspecified atom stereocenters. The van der Waals surface area contributed by atoms with Crippen LogP contribution in [0.15, 0.2) is 189 Å². The molecule has 4 heterocycles. The smallest absolute Gasteiger partial charge is 0.119 e. The first-order valence-corrected chi connectivity index (χ1v) is 33.6. The van der Waals surface area contributed by atoms with Gasteiger partial charge in [0.15, 0.2) is 0 Å². The van der Waals surface area contributed by atoms with Gasteiger partial charge in [-0.1, -0.05) is 200 Å². The average molecular weight is 1010 g/mol. The van der Waals surface area contributed by atoms with E-state index >= 15 is 0 Å². The lowest BCUT2D eigenvalue weighted by Crippen LogP contribution is -2.55. The van der Waals surface area contributed by atoms with E-state index < -0.39 is 16.1 Å². The lowest BCUT2D eigenvalue weighted by atomic mass is 9.99. The summed E-state index contributed by atoms with van der Waals surface area (Å²) >= 11 is 3.89. The minimum absolute atomic E-state index is 1.23. The number of fused-ring (bicyclic) bond motifs is 13. The fraction of sp³-hybridized carbons (Fsp3) is 0.242. The molecule has 0 fully saturated rings. The number of hydrogen-bond donors (Lipinski definition) is 0. The molecule has 358 valence electrons. The van der Waals surface area contributed by atoms with Crippen molar-refractivity contribution in [1.29, 1.82) is 0 Å². The third-order valence-electron chi connectivity index (χ3n) is 17.0. The number of hydrogen-bond acceptors (Lipinski definition) is 4. The maximum absolute atomic E-state index is 2.68. The largest absolute Gasteiger partial charge is 0.308 e. The van der Waals surface area contributed by atoms with Crippen molar-refractivity contribution < 1.29 is 0 Å². The summed E-state index contributed by atoms with van der Waals surface area (Å²) in [6.45, 7) is 9.49. The molecule has 0 atom stereocenters. The molecular formula is C66H64N2S2Si2. The Kier molecular flexibility index (Phi) is 11.9. The Morgan fingerprint density at radius 3 is 1.14 bits per heavy atom. The molecule has 0 spiro atoms. The Morgan fingerprint density at radius 2 is 0.722 bits per heavy atom. The van der Waals surface area contributed by atoms with Crippen LogP contribution in [0.3, 0.4) is 0 Å². The van der Waals surface area contributed by atoms with E-state index in [2.05, 4.69) is 207 Å². The maximum atomic E-state index is 2.68. The summed E-state index contributed by atoms with van der Waals surface area (Å²) in [4.78, 5) is 10.5. The van der Waals surface area contributed by atoms with Crippen LogP contribution in [0.1, 0.15) is 79.1 Å². The number of anilines is 6. The predicted molar refractivity (Wildman–Crippen MR) is 319 cm³/mol. The minimum atomic E-state index is -2.00. The zero-order valence-corrected chi connectivity index (χ0v) is 46.0. The van der Waals surface area contributed by atoms with Gasteiger partial charge in [0.1, 0.15) is 16.1 Å². The summed E-state index contributed by atoms with van der Waals surface area (Å²) in [6, 6.07) is 72.2. The molecule has 2 nitrogen and oxygen atoms in total. The number of nitrogens with zero attached hydrogens (tertiary/aromatic N) is 2. The molecule has 0 radical (unpaired) electrons. The van der Waals surface area contributed by atoms with Gasteiger partial charge in [0.2, 0.25) is 0 Å². The van der Waals surface area contributed by atoms with E-state index in [-0.39, 0.29) is 0 Å². The number of para-hydroxylation sites is 2. The average Bonchev–Trinajstić information content (AvgIpc) is 3.84. The molecule has 72 heavy (non-hydrogen) atoms. The molecule has 0 aliphatic carbocycles. The van der Waals surface area contributed by atoms with Crippen LogP contribution in [0.4, 0.5) is 34.1 Å². The SMILES string of the molecule is CCCC[Si]1(CCCC)c2ccccc2-c2cc3c(cc21)N(c1ccc2c(ccc4cc(N5c6ccccc6Sc6cc7c(cc65)[Si](CCCC)(CCCC)c5ccccc5-7)ccc42)c1)c1ccccc1S3. The van der Waals surface area contributed by atoms with Crippen LogP contribution >= 0.6 is 23.5 Å². The van der Waals surface area contributed by atoms with Gasteiger partial charge in [-0.2, -0.15) is 0 Å². The van der Waals surface area contributed by atoms with Gasteiger partial charge in [0, 0.05) is 31.0 Å². The molecule has 0 N–H and O–H groups in total. The Morgan fingerprint density at radius 1 is 0.333 bits per heavy atom. The first-order valence-electron chi connectivity index (χ1n) is 27.2. The molecule has 6 heteroatoms. The van der Waals surface area contributed by atoms with Crippen molar-refractivity contribution in [2.75, 3.05) is 9.80 Å².